The molecule has 2 nitrogen and oxygen atoms in total. The van der Waals surface area contributed by atoms with Gasteiger partial charge < -0.3 is 10.1 Å². The topological polar surface area (TPSA) is 21.3 Å². The van der Waals surface area contributed by atoms with E-state index in [1.54, 1.807) is 7.11 Å². The number of aryl methyl sites for hydroxylation is 1. The van der Waals surface area contributed by atoms with E-state index in [-0.39, 0.29) is 0 Å². The Morgan fingerprint density at radius 2 is 2.23 bits per heavy atom. The standard InChI is InChI=1S/C11H15NO/c1-8-5-10(13-2)6-9-3-4-12-7-11(8)9/h5-6,12H,3-4,7H2,1-2H3. The van der Waals surface area contributed by atoms with Crippen molar-refractivity contribution in [2.75, 3.05) is 13.7 Å². The summed E-state index contributed by atoms with van der Waals surface area (Å²) >= 11 is 0. The van der Waals surface area contributed by atoms with E-state index in [4.69, 9.17) is 4.74 Å². The number of hydrogen-bond donors (Lipinski definition) is 1. The summed E-state index contributed by atoms with van der Waals surface area (Å²) in [5.74, 6) is 0.984. The van der Waals surface area contributed by atoms with Crippen LogP contribution in [0.2, 0.25) is 0 Å². The summed E-state index contributed by atoms with van der Waals surface area (Å²) in [6.07, 6.45) is 1.12. The molecule has 1 heterocycles. The van der Waals surface area contributed by atoms with E-state index < -0.39 is 0 Å². The fourth-order valence-electron chi connectivity index (χ4n) is 1.88. The van der Waals surface area contributed by atoms with E-state index in [9.17, 15) is 0 Å². The molecule has 1 aromatic rings. The first kappa shape index (κ1) is 8.57. The van der Waals surface area contributed by atoms with Gasteiger partial charge in [-0.15, -0.1) is 0 Å². The van der Waals surface area contributed by atoms with E-state index in [1.165, 1.54) is 16.7 Å². The molecule has 0 atom stereocenters. The molecule has 13 heavy (non-hydrogen) atoms. The lowest BCUT2D eigenvalue weighted by Crippen LogP contribution is -2.24. The molecular weight excluding hydrogens is 162 g/mol. The van der Waals surface area contributed by atoms with Gasteiger partial charge in [0.15, 0.2) is 0 Å². The summed E-state index contributed by atoms with van der Waals surface area (Å²) < 4.78 is 5.24. The predicted octanol–water partition coefficient (Wildman–Crippen LogP) is 1.65. The fraction of sp³-hybridized carbons (Fsp3) is 0.455. The molecule has 2 heteroatoms. The number of hydrogen-bond acceptors (Lipinski definition) is 2. The molecule has 2 rings (SSSR count). The summed E-state index contributed by atoms with van der Waals surface area (Å²) in [5.41, 5.74) is 4.23. The van der Waals surface area contributed by atoms with Gasteiger partial charge >= 0.3 is 0 Å². The van der Waals surface area contributed by atoms with Crippen molar-refractivity contribution < 1.29 is 4.74 Å². The van der Waals surface area contributed by atoms with Gasteiger partial charge in [-0.25, -0.2) is 0 Å². The molecule has 0 bridgehead atoms. The Balaban J connectivity index is 2.47. The van der Waals surface area contributed by atoms with Crippen LogP contribution in [-0.2, 0) is 13.0 Å². The maximum atomic E-state index is 5.24. The summed E-state index contributed by atoms with van der Waals surface area (Å²) in [6, 6.07) is 4.26. The van der Waals surface area contributed by atoms with Crippen molar-refractivity contribution in [2.24, 2.45) is 0 Å². The third kappa shape index (κ3) is 1.54. The summed E-state index contributed by atoms with van der Waals surface area (Å²) in [4.78, 5) is 0. The molecule has 1 aliphatic heterocycles. The molecule has 1 aliphatic rings. The van der Waals surface area contributed by atoms with Crippen molar-refractivity contribution in [3.05, 3.63) is 28.8 Å². The van der Waals surface area contributed by atoms with Gasteiger partial charge in [-0.1, -0.05) is 0 Å². The van der Waals surface area contributed by atoms with Crippen LogP contribution in [0.4, 0.5) is 0 Å². The van der Waals surface area contributed by atoms with Crippen LogP contribution in [0.15, 0.2) is 12.1 Å². The molecule has 0 saturated carbocycles. The normalized spacial score (nSPS) is 15.2. The third-order valence-corrected chi connectivity index (χ3v) is 2.65. The quantitative estimate of drug-likeness (QED) is 0.704. The van der Waals surface area contributed by atoms with Crippen LogP contribution < -0.4 is 10.1 Å². The molecule has 0 unspecified atom stereocenters. The van der Waals surface area contributed by atoms with Crippen LogP contribution in [0.3, 0.4) is 0 Å². The van der Waals surface area contributed by atoms with Gasteiger partial charge in [0.05, 0.1) is 7.11 Å². The molecule has 0 fully saturated rings. The first-order chi connectivity index (χ1) is 6.31. The highest BCUT2D eigenvalue weighted by Crippen LogP contribution is 2.24. The molecule has 70 valence electrons. The Hall–Kier alpha value is -1.02. The van der Waals surface area contributed by atoms with Crippen LogP contribution >= 0.6 is 0 Å². The molecular formula is C11H15NO. The molecule has 0 amide bonds. The molecule has 0 aromatic heterocycles. The monoisotopic (exact) mass is 177 g/mol. The highest BCUT2D eigenvalue weighted by molar-refractivity contribution is 5.42. The molecule has 0 spiro atoms. The maximum absolute atomic E-state index is 5.24. The second-order valence-corrected chi connectivity index (χ2v) is 3.51. The van der Waals surface area contributed by atoms with Crippen molar-refractivity contribution in [2.45, 2.75) is 19.9 Å². The second-order valence-electron chi connectivity index (χ2n) is 3.51. The molecule has 0 radical (unpaired) electrons. The second kappa shape index (κ2) is 3.38. The lowest BCUT2D eigenvalue weighted by Gasteiger charge is -2.20. The number of rotatable bonds is 1. The highest BCUT2D eigenvalue weighted by Gasteiger charge is 2.11. The van der Waals surface area contributed by atoms with E-state index in [1.807, 2.05) is 0 Å². The molecule has 0 aliphatic carbocycles. The maximum Gasteiger partial charge on any atom is 0.119 e. The Labute approximate surface area is 78.9 Å². The average molecular weight is 177 g/mol. The zero-order chi connectivity index (χ0) is 9.26. The highest BCUT2D eigenvalue weighted by atomic mass is 16.5. The van der Waals surface area contributed by atoms with Crippen LogP contribution in [0.25, 0.3) is 0 Å². The Morgan fingerprint density at radius 1 is 1.38 bits per heavy atom. The first-order valence-electron chi connectivity index (χ1n) is 4.68. The minimum atomic E-state index is 0.984. The largest absolute Gasteiger partial charge is 0.497 e. The van der Waals surface area contributed by atoms with Gasteiger partial charge in [-0.2, -0.15) is 0 Å². The predicted molar refractivity (Wildman–Crippen MR) is 53.1 cm³/mol. The third-order valence-electron chi connectivity index (χ3n) is 2.65. The van der Waals surface area contributed by atoms with Gasteiger partial charge in [0.25, 0.3) is 0 Å². The summed E-state index contributed by atoms with van der Waals surface area (Å²) in [5, 5.41) is 3.38. The molecule has 1 N–H and O–H groups in total. The van der Waals surface area contributed by atoms with Crippen molar-refractivity contribution in [1.82, 2.24) is 5.32 Å². The van der Waals surface area contributed by atoms with Crippen LogP contribution in [0.1, 0.15) is 16.7 Å². The van der Waals surface area contributed by atoms with Gasteiger partial charge in [0.2, 0.25) is 0 Å². The molecule has 1 aromatic carbocycles. The van der Waals surface area contributed by atoms with Crippen molar-refractivity contribution >= 4 is 0 Å². The van der Waals surface area contributed by atoms with Gasteiger partial charge in [0, 0.05) is 6.54 Å². The summed E-state index contributed by atoms with van der Waals surface area (Å²) in [7, 11) is 1.72. The Bertz CT molecular complexity index is 320. The van der Waals surface area contributed by atoms with Crippen molar-refractivity contribution in [3.63, 3.8) is 0 Å². The minimum Gasteiger partial charge on any atom is -0.497 e. The van der Waals surface area contributed by atoms with Crippen molar-refractivity contribution in [1.29, 1.82) is 0 Å². The van der Waals surface area contributed by atoms with Crippen molar-refractivity contribution in [3.8, 4) is 5.75 Å². The number of fused-ring (bicyclic) bond motifs is 1. The number of nitrogens with one attached hydrogen (secondary N) is 1. The summed E-state index contributed by atoms with van der Waals surface area (Å²) in [6.45, 7) is 4.24. The smallest absolute Gasteiger partial charge is 0.119 e. The Kier molecular flexibility index (Phi) is 2.23. The van der Waals surface area contributed by atoms with Crippen LogP contribution in [-0.4, -0.2) is 13.7 Å². The van der Waals surface area contributed by atoms with Gasteiger partial charge in [-0.3, -0.25) is 0 Å². The lowest BCUT2D eigenvalue weighted by atomic mass is 9.96. The average Bonchev–Trinajstić information content (AvgIpc) is 2.18. The van der Waals surface area contributed by atoms with E-state index in [0.717, 1.165) is 25.3 Å². The lowest BCUT2D eigenvalue weighted by molar-refractivity contribution is 0.413. The van der Waals surface area contributed by atoms with Gasteiger partial charge in [-0.05, 0) is 48.7 Å². The van der Waals surface area contributed by atoms with E-state index in [0.29, 0.717) is 0 Å². The van der Waals surface area contributed by atoms with E-state index >= 15 is 0 Å². The molecule has 0 saturated heterocycles. The number of ether oxygens (including phenoxy) is 1. The van der Waals surface area contributed by atoms with Crippen LogP contribution in [0.5, 0.6) is 5.75 Å². The fourth-order valence-corrected chi connectivity index (χ4v) is 1.88. The van der Waals surface area contributed by atoms with Crippen LogP contribution in [0, 0.1) is 6.92 Å². The first-order valence-corrected chi connectivity index (χ1v) is 4.68. The Morgan fingerprint density at radius 3 is 3.00 bits per heavy atom. The SMILES string of the molecule is COc1cc(C)c2c(c1)CCNC2. The van der Waals surface area contributed by atoms with E-state index in [2.05, 4.69) is 24.4 Å². The van der Waals surface area contributed by atoms with Gasteiger partial charge in [0.1, 0.15) is 5.75 Å². The zero-order valence-electron chi connectivity index (χ0n) is 8.18. The zero-order valence-corrected chi connectivity index (χ0v) is 8.18. The minimum absolute atomic E-state index is 0.984. The number of benzene rings is 1. The number of methoxy groups -OCH3 is 1.